The van der Waals surface area contributed by atoms with Crippen molar-refractivity contribution in [3.8, 4) is 0 Å². The lowest BCUT2D eigenvalue weighted by atomic mass is 10.3. The SMILES string of the molecule is CCCN(C(=O)CC)C(=O)C1=C[CH]1. The number of allylic oxidation sites excluding steroid dienone is 1. The van der Waals surface area contributed by atoms with Gasteiger partial charge in [-0.3, -0.25) is 14.5 Å². The van der Waals surface area contributed by atoms with Crippen LogP contribution in [0.5, 0.6) is 0 Å². The van der Waals surface area contributed by atoms with Crippen molar-refractivity contribution in [2.24, 2.45) is 0 Å². The molecule has 0 unspecified atom stereocenters. The Balaban J connectivity index is 2.60. The van der Waals surface area contributed by atoms with Crippen molar-refractivity contribution >= 4 is 11.8 Å². The Morgan fingerprint density at radius 1 is 1.38 bits per heavy atom. The van der Waals surface area contributed by atoms with Crippen LogP contribution >= 0.6 is 0 Å². The smallest absolute Gasteiger partial charge is 0.256 e. The molecule has 0 N–H and O–H groups in total. The van der Waals surface area contributed by atoms with E-state index in [-0.39, 0.29) is 11.8 Å². The van der Waals surface area contributed by atoms with Crippen LogP contribution in [0.4, 0.5) is 0 Å². The molecule has 0 aromatic rings. The van der Waals surface area contributed by atoms with Crippen molar-refractivity contribution in [3.05, 3.63) is 18.1 Å². The fourth-order valence-electron chi connectivity index (χ4n) is 1.09. The summed E-state index contributed by atoms with van der Waals surface area (Å²) in [6.07, 6.45) is 4.66. The number of rotatable bonds is 4. The first-order valence-electron chi connectivity index (χ1n) is 4.60. The van der Waals surface area contributed by atoms with Gasteiger partial charge in [0.15, 0.2) is 0 Å². The van der Waals surface area contributed by atoms with E-state index in [0.717, 1.165) is 6.42 Å². The van der Waals surface area contributed by atoms with Crippen molar-refractivity contribution < 1.29 is 9.59 Å². The summed E-state index contributed by atoms with van der Waals surface area (Å²) in [6.45, 7) is 4.24. The Bertz CT molecular complexity index is 256. The third-order valence-electron chi connectivity index (χ3n) is 1.88. The molecule has 0 bridgehead atoms. The molecule has 0 aromatic heterocycles. The molecule has 0 heterocycles. The highest BCUT2D eigenvalue weighted by molar-refractivity contribution is 6.08. The molecular weight excluding hydrogens is 166 g/mol. The third-order valence-corrected chi connectivity index (χ3v) is 1.88. The zero-order valence-electron chi connectivity index (χ0n) is 8.04. The second-order valence-electron chi connectivity index (χ2n) is 2.99. The molecule has 3 heteroatoms. The zero-order chi connectivity index (χ0) is 9.84. The fraction of sp³-hybridized carbons (Fsp3) is 0.500. The van der Waals surface area contributed by atoms with E-state index in [1.54, 1.807) is 19.4 Å². The molecule has 1 radical (unpaired) electrons. The molecule has 2 amide bonds. The highest BCUT2D eigenvalue weighted by atomic mass is 16.2. The summed E-state index contributed by atoms with van der Waals surface area (Å²) >= 11 is 0. The number of carbonyl (C=O) groups is 2. The third kappa shape index (κ3) is 2.41. The Labute approximate surface area is 78.4 Å². The second-order valence-corrected chi connectivity index (χ2v) is 2.99. The average molecular weight is 180 g/mol. The van der Waals surface area contributed by atoms with Crippen molar-refractivity contribution in [3.63, 3.8) is 0 Å². The summed E-state index contributed by atoms with van der Waals surface area (Å²) in [5, 5.41) is 0. The van der Waals surface area contributed by atoms with Gasteiger partial charge in [-0.15, -0.1) is 0 Å². The number of amides is 2. The minimum absolute atomic E-state index is 0.0898. The largest absolute Gasteiger partial charge is 0.279 e. The summed E-state index contributed by atoms with van der Waals surface area (Å²) in [5.41, 5.74) is 0.662. The molecule has 0 aliphatic heterocycles. The first-order chi connectivity index (χ1) is 6.20. The fourth-order valence-corrected chi connectivity index (χ4v) is 1.09. The molecule has 0 spiro atoms. The van der Waals surface area contributed by atoms with E-state index < -0.39 is 0 Å². The lowest BCUT2D eigenvalue weighted by Crippen LogP contribution is -2.36. The number of nitrogens with zero attached hydrogens (tertiary/aromatic N) is 1. The van der Waals surface area contributed by atoms with Gasteiger partial charge in [-0.05, 0) is 6.42 Å². The van der Waals surface area contributed by atoms with Gasteiger partial charge in [-0.25, -0.2) is 0 Å². The Morgan fingerprint density at radius 2 is 2.00 bits per heavy atom. The lowest BCUT2D eigenvalue weighted by Gasteiger charge is -2.17. The van der Waals surface area contributed by atoms with Crippen molar-refractivity contribution in [2.45, 2.75) is 26.7 Å². The van der Waals surface area contributed by atoms with Crippen molar-refractivity contribution in [1.82, 2.24) is 4.90 Å². The molecule has 0 saturated heterocycles. The van der Waals surface area contributed by atoms with Gasteiger partial charge in [0.1, 0.15) is 0 Å². The van der Waals surface area contributed by atoms with Crippen LogP contribution in [0.1, 0.15) is 26.7 Å². The molecule has 13 heavy (non-hydrogen) atoms. The van der Waals surface area contributed by atoms with E-state index in [2.05, 4.69) is 0 Å². The number of carbonyl (C=O) groups excluding carboxylic acids is 2. The molecule has 3 nitrogen and oxygen atoms in total. The summed E-state index contributed by atoms with van der Waals surface area (Å²) in [5.74, 6) is -0.234. The van der Waals surface area contributed by atoms with E-state index in [1.165, 1.54) is 4.90 Å². The van der Waals surface area contributed by atoms with E-state index in [1.807, 2.05) is 6.92 Å². The normalized spacial score (nSPS) is 13.5. The average Bonchev–Trinajstić information content (AvgIpc) is 2.95. The molecule has 0 atom stereocenters. The highest BCUT2D eigenvalue weighted by Crippen LogP contribution is 2.20. The van der Waals surface area contributed by atoms with Crippen LogP contribution in [0.25, 0.3) is 0 Å². The van der Waals surface area contributed by atoms with Gasteiger partial charge in [0.05, 0.1) is 0 Å². The van der Waals surface area contributed by atoms with Crippen LogP contribution in [-0.2, 0) is 9.59 Å². The first-order valence-corrected chi connectivity index (χ1v) is 4.60. The monoisotopic (exact) mass is 180 g/mol. The topological polar surface area (TPSA) is 37.4 Å². The standard InChI is InChI=1S/C10H14NO2/c1-3-7-11(9(12)4-2)10(13)8-5-6-8/h5-6H,3-4,7H2,1-2H3. The maximum Gasteiger partial charge on any atom is 0.256 e. The predicted octanol–water partition coefficient (Wildman–Crippen LogP) is 1.31. The summed E-state index contributed by atoms with van der Waals surface area (Å²) < 4.78 is 0. The minimum Gasteiger partial charge on any atom is -0.279 e. The van der Waals surface area contributed by atoms with E-state index in [9.17, 15) is 9.59 Å². The van der Waals surface area contributed by atoms with Gasteiger partial charge in [-0.2, -0.15) is 0 Å². The van der Waals surface area contributed by atoms with Gasteiger partial charge in [-0.1, -0.05) is 19.9 Å². The number of hydrogen-bond donors (Lipinski definition) is 0. The second kappa shape index (κ2) is 4.21. The van der Waals surface area contributed by atoms with Gasteiger partial charge >= 0.3 is 0 Å². The number of hydrogen-bond acceptors (Lipinski definition) is 2. The highest BCUT2D eigenvalue weighted by Gasteiger charge is 2.26. The van der Waals surface area contributed by atoms with Gasteiger partial charge < -0.3 is 0 Å². The van der Waals surface area contributed by atoms with E-state index in [4.69, 9.17) is 0 Å². The van der Waals surface area contributed by atoms with Crippen LogP contribution in [0, 0.1) is 6.42 Å². The minimum atomic E-state index is -0.145. The van der Waals surface area contributed by atoms with Crippen LogP contribution in [0.3, 0.4) is 0 Å². The molecule has 1 aliphatic carbocycles. The first kappa shape index (κ1) is 9.96. The Morgan fingerprint density at radius 3 is 2.38 bits per heavy atom. The van der Waals surface area contributed by atoms with Crippen LogP contribution in [0.2, 0.25) is 0 Å². The molecule has 1 aliphatic rings. The maximum atomic E-state index is 11.5. The maximum absolute atomic E-state index is 11.5. The van der Waals surface area contributed by atoms with Crippen LogP contribution in [-0.4, -0.2) is 23.3 Å². The Kier molecular flexibility index (Phi) is 3.23. The van der Waals surface area contributed by atoms with Crippen molar-refractivity contribution in [2.75, 3.05) is 6.54 Å². The Hall–Kier alpha value is -1.12. The van der Waals surface area contributed by atoms with Gasteiger partial charge in [0.2, 0.25) is 5.91 Å². The van der Waals surface area contributed by atoms with Crippen molar-refractivity contribution in [1.29, 1.82) is 0 Å². The summed E-state index contributed by atoms with van der Waals surface area (Å²) in [6, 6.07) is 0. The quantitative estimate of drug-likeness (QED) is 0.654. The van der Waals surface area contributed by atoms with Crippen LogP contribution < -0.4 is 0 Å². The predicted molar refractivity (Wildman–Crippen MR) is 49.7 cm³/mol. The molecule has 0 saturated carbocycles. The molecule has 71 valence electrons. The molecule has 1 rings (SSSR count). The lowest BCUT2D eigenvalue weighted by molar-refractivity contribution is -0.142. The number of imide groups is 1. The molecular formula is C10H14NO2. The summed E-state index contributed by atoms with van der Waals surface area (Å²) in [4.78, 5) is 24.2. The van der Waals surface area contributed by atoms with Crippen LogP contribution in [0.15, 0.2) is 11.6 Å². The summed E-state index contributed by atoms with van der Waals surface area (Å²) in [7, 11) is 0. The molecule has 0 fully saturated rings. The van der Waals surface area contributed by atoms with Gasteiger partial charge in [0.25, 0.3) is 5.91 Å². The molecule has 0 aromatic carbocycles. The zero-order valence-corrected chi connectivity index (χ0v) is 8.04. The van der Waals surface area contributed by atoms with Gasteiger partial charge in [0, 0.05) is 25.0 Å². The van der Waals surface area contributed by atoms with E-state index in [0.29, 0.717) is 18.5 Å². The van der Waals surface area contributed by atoms with E-state index >= 15 is 0 Å².